The predicted octanol–water partition coefficient (Wildman–Crippen LogP) is 10.9. The Morgan fingerprint density at radius 3 is 2.06 bits per heavy atom. The van der Waals surface area contributed by atoms with Crippen molar-refractivity contribution in [1.82, 2.24) is 14.5 Å². The summed E-state index contributed by atoms with van der Waals surface area (Å²) in [5.74, 6) is 1.05. The molecule has 0 saturated carbocycles. The smallest absolute Gasteiger partial charge is 0.164 e. The van der Waals surface area contributed by atoms with Crippen LogP contribution in [0.2, 0.25) is 0 Å². The van der Waals surface area contributed by atoms with E-state index in [-0.39, 0.29) is 42.5 Å². The van der Waals surface area contributed by atoms with Crippen molar-refractivity contribution in [2.45, 2.75) is 74.1 Å². The Balaban J connectivity index is 0.000000242. The van der Waals surface area contributed by atoms with Crippen LogP contribution in [-0.4, -0.2) is 25.4 Å². The van der Waals surface area contributed by atoms with Crippen LogP contribution in [0.15, 0.2) is 84.6 Å². The zero-order valence-electron chi connectivity index (χ0n) is 28.9. The van der Waals surface area contributed by atoms with Gasteiger partial charge in [-0.1, -0.05) is 108 Å². The van der Waals surface area contributed by atoms with Crippen LogP contribution >= 0.6 is 0 Å². The molecule has 0 aliphatic rings. The molecule has 2 aromatic heterocycles. The minimum absolute atomic E-state index is 0. The zero-order valence-corrected chi connectivity index (χ0v) is 31.3. The summed E-state index contributed by atoms with van der Waals surface area (Å²) in [5, 5.41) is 17.2. The number of ketones is 1. The van der Waals surface area contributed by atoms with E-state index in [1.165, 1.54) is 38.5 Å². The summed E-state index contributed by atoms with van der Waals surface area (Å²) in [6, 6.07) is 28.9. The molecule has 47 heavy (non-hydrogen) atoms. The van der Waals surface area contributed by atoms with Crippen LogP contribution in [-0.2, 0) is 31.9 Å². The van der Waals surface area contributed by atoms with Gasteiger partial charge in [0.25, 0.3) is 0 Å². The number of aryl methyl sites for hydroxylation is 2. The number of carbonyl (C=O) groups is 1. The third kappa shape index (κ3) is 6.77. The van der Waals surface area contributed by atoms with E-state index in [0.29, 0.717) is 0 Å². The van der Waals surface area contributed by atoms with Crippen LogP contribution < -0.4 is 0 Å². The van der Waals surface area contributed by atoms with E-state index in [4.69, 9.17) is 9.97 Å². The van der Waals surface area contributed by atoms with E-state index < -0.39 is 0 Å². The number of aliphatic hydroxyl groups is 1. The van der Waals surface area contributed by atoms with Gasteiger partial charge in [0.05, 0.1) is 5.52 Å². The quantitative estimate of drug-likeness (QED) is 0.0945. The van der Waals surface area contributed by atoms with E-state index in [2.05, 4.69) is 90.5 Å². The molecule has 0 unspecified atom stereocenters. The van der Waals surface area contributed by atoms with Gasteiger partial charge in [0.2, 0.25) is 0 Å². The van der Waals surface area contributed by atoms with Crippen molar-refractivity contribution >= 4 is 49.3 Å². The topological polar surface area (TPSA) is 68.0 Å². The molecule has 6 heteroatoms. The molecule has 1 N–H and O–H groups in total. The predicted molar refractivity (Wildman–Crippen MR) is 193 cm³/mol. The molecular weight excluding hydrogens is 759 g/mol. The summed E-state index contributed by atoms with van der Waals surface area (Å²) in [5.41, 5.74) is 3.49. The van der Waals surface area contributed by atoms with Gasteiger partial charge in [0.15, 0.2) is 5.78 Å². The number of carbonyl (C=O) groups excluding carboxylic acids is 1. The van der Waals surface area contributed by atoms with Gasteiger partial charge in [-0.05, 0) is 38.0 Å². The Labute approximate surface area is 292 Å². The van der Waals surface area contributed by atoms with E-state index >= 15 is 0 Å². The van der Waals surface area contributed by atoms with Gasteiger partial charge in [0, 0.05) is 65.9 Å². The van der Waals surface area contributed by atoms with Crippen molar-refractivity contribution in [3.63, 3.8) is 0 Å². The van der Waals surface area contributed by atoms with Crippen LogP contribution in [0.25, 0.3) is 54.7 Å². The van der Waals surface area contributed by atoms with E-state index in [1.54, 1.807) is 0 Å². The Morgan fingerprint density at radius 1 is 0.830 bits per heavy atom. The average Bonchev–Trinajstić information content (AvgIpc) is 3.38. The van der Waals surface area contributed by atoms with Crippen molar-refractivity contribution in [3.05, 3.63) is 96.5 Å². The van der Waals surface area contributed by atoms with E-state index in [9.17, 15) is 9.90 Å². The number of aromatic nitrogens is 3. The van der Waals surface area contributed by atoms with Crippen LogP contribution in [0.3, 0.4) is 0 Å². The third-order valence-electron chi connectivity index (χ3n) is 10.4. The number of hydrogen-bond acceptors (Lipinski definition) is 4. The molecule has 0 fully saturated rings. The summed E-state index contributed by atoms with van der Waals surface area (Å²) in [6.07, 6.45) is 4.75. The maximum Gasteiger partial charge on any atom is 0.164 e. The largest absolute Gasteiger partial charge is 0.512 e. The summed E-state index contributed by atoms with van der Waals surface area (Å²) >= 11 is 0. The first-order valence-electron chi connectivity index (χ1n) is 16.5. The Hall–Kier alpha value is -3.86. The molecule has 6 rings (SSSR count). The second kappa shape index (κ2) is 14.5. The van der Waals surface area contributed by atoms with Crippen LogP contribution in [0.1, 0.15) is 73.1 Å². The second-order valence-corrected chi connectivity index (χ2v) is 13.0. The van der Waals surface area contributed by atoms with Gasteiger partial charge < -0.3 is 9.67 Å². The summed E-state index contributed by atoms with van der Waals surface area (Å²) in [7, 11) is 2.09. The van der Waals surface area contributed by atoms with Gasteiger partial charge in [0.1, 0.15) is 17.2 Å². The molecule has 5 nitrogen and oxygen atoms in total. The number of allylic oxidation sites excluding steroid dienone is 2. The number of aliphatic hydroxyl groups excluding tert-OH is 1. The number of rotatable bonds is 8. The maximum absolute atomic E-state index is 12.2. The Morgan fingerprint density at radius 2 is 1.43 bits per heavy atom. The van der Waals surface area contributed by atoms with Gasteiger partial charge in [-0.3, -0.25) is 9.78 Å². The molecule has 2 heterocycles. The Kier molecular flexibility index (Phi) is 11.1. The monoisotopic (exact) mass is 805 g/mol. The molecular formula is C41H46IrN3O2-. The van der Waals surface area contributed by atoms with Gasteiger partial charge in [-0.25, -0.2) is 4.98 Å². The molecule has 0 spiro atoms. The molecule has 247 valence electrons. The maximum atomic E-state index is 12.2. The van der Waals surface area contributed by atoms with Crippen molar-refractivity contribution < 1.29 is 30.0 Å². The summed E-state index contributed by atoms with van der Waals surface area (Å²) in [6.45, 7) is 14.0. The van der Waals surface area contributed by atoms with Crippen LogP contribution in [0.4, 0.5) is 0 Å². The fourth-order valence-corrected chi connectivity index (χ4v) is 6.11. The molecule has 0 bridgehead atoms. The Bertz CT molecular complexity index is 2080. The number of hydrogen-bond donors (Lipinski definition) is 1. The molecule has 0 saturated heterocycles. The SMILES string of the molecule is CCC(C)(CC)C(=O)/C=C(\O)C(C)(CC)CC.Cc1nc(-c2[c-]cc3ccccc3c2)c2c3ccc4ccccc4c3n(C)c2n1.[Ir]. The fourth-order valence-electron chi connectivity index (χ4n) is 6.11. The van der Waals surface area contributed by atoms with Gasteiger partial charge >= 0.3 is 0 Å². The first-order chi connectivity index (χ1) is 22.0. The third-order valence-corrected chi connectivity index (χ3v) is 10.4. The molecule has 0 aliphatic heterocycles. The molecule has 6 aromatic rings. The normalized spacial score (nSPS) is 12.3. The standard InChI is InChI=1S/C26H18N3.C15H28O2.Ir/c1-16-27-24(20-12-11-17-7-3-4-9-19(17)15-20)23-22-14-13-18-8-5-6-10-21(18)25(22)29(2)26(23)28-16;1-7-14(5,8-2)12(16)11-13(17)15(6,9-3)10-4;/h3-11,13-15H,1-2H3;11,16H,7-10H2,1-6H3;/q-1;;/b;12-11-;. The summed E-state index contributed by atoms with van der Waals surface area (Å²) in [4.78, 5) is 21.9. The average molecular weight is 805 g/mol. The van der Waals surface area contributed by atoms with Gasteiger partial charge in [-0.15, -0.1) is 29.1 Å². The van der Waals surface area contributed by atoms with Crippen LogP contribution in [0.5, 0.6) is 0 Å². The summed E-state index contributed by atoms with van der Waals surface area (Å²) < 4.78 is 2.20. The minimum Gasteiger partial charge on any atom is -0.512 e. The van der Waals surface area contributed by atoms with Crippen molar-refractivity contribution in [3.8, 4) is 11.3 Å². The van der Waals surface area contributed by atoms with E-state index in [1.807, 2.05) is 48.5 Å². The first-order valence-corrected chi connectivity index (χ1v) is 16.5. The van der Waals surface area contributed by atoms with Crippen molar-refractivity contribution in [1.29, 1.82) is 0 Å². The van der Waals surface area contributed by atoms with Crippen molar-refractivity contribution in [2.24, 2.45) is 17.9 Å². The molecule has 0 atom stereocenters. The van der Waals surface area contributed by atoms with Gasteiger partial charge in [-0.2, -0.15) is 0 Å². The number of nitrogens with zero attached hydrogens (tertiary/aromatic N) is 3. The zero-order chi connectivity index (χ0) is 33.2. The minimum atomic E-state index is -0.337. The van der Waals surface area contributed by atoms with Crippen molar-refractivity contribution in [2.75, 3.05) is 0 Å². The fraction of sp³-hybridized carbons (Fsp3) is 0.341. The molecule has 0 amide bonds. The number of benzene rings is 4. The van der Waals surface area contributed by atoms with Crippen LogP contribution in [0, 0.1) is 23.8 Å². The molecule has 0 aliphatic carbocycles. The second-order valence-electron chi connectivity index (χ2n) is 13.0. The number of fused-ring (bicyclic) bond motifs is 6. The molecule has 1 radical (unpaired) electrons. The molecule has 4 aromatic carbocycles. The first kappa shape index (κ1) is 36.0. The van der Waals surface area contributed by atoms with E-state index in [0.717, 1.165) is 53.8 Å².